The lowest BCUT2D eigenvalue weighted by molar-refractivity contribution is 0.668. The van der Waals surface area contributed by atoms with Crippen LogP contribution < -0.4 is 0 Å². The maximum absolute atomic E-state index is 6.32. The quantitative estimate of drug-likeness (QED) is 0.655. The van der Waals surface area contributed by atoms with E-state index in [-0.39, 0.29) is 0 Å². The molecule has 0 spiro atoms. The lowest BCUT2D eigenvalue weighted by atomic mass is 10.1. The summed E-state index contributed by atoms with van der Waals surface area (Å²) in [5.41, 5.74) is 1.49. The molecule has 0 N–H and O–H groups in total. The Hall–Kier alpha value is -0.830. The number of nitrogens with zero attached hydrogens (tertiary/aromatic N) is 2. The van der Waals surface area contributed by atoms with Crippen LogP contribution in [0.15, 0.2) is 24.3 Å². The van der Waals surface area contributed by atoms with E-state index < -0.39 is 0 Å². The van der Waals surface area contributed by atoms with E-state index in [4.69, 9.17) is 34.8 Å². The standard InChI is InChI=1S/C15H13Cl3N2/c16-11-7-3-6-10(8-11)12-13(17)19-15(20-14(12)18)9-4-1-2-5-9/h3,6-9H,1-2,4-5H2. The third-order valence-corrected chi connectivity index (χ3v) is 4.45. The van der Waals surface area contributed by atoms with Gasteiger partial charge in [0.1, 0.15) is 16.1 Å². The van der Waals surface area contributed by atoms with Gasteiger partial charge in [-0.15, -0.1) is 0 Å². The molecule has 1 aliphatic rings. The van der Waals surface area contributed by atoms with Crippen molar-refractivity contribution in [3.63, 3.8) is 0 Å². The van der Waals surface area contributed by atoms with E-state index in [0.29, 0.717) is 26.8 Å². The molecule has 0 aliphatic heterocycles. The summed E-state index contributed by atoms with van der Waals surface area (Å²) >= 11 is 18.6. The van der Waals surface area contributed by atoms with Crippen LogP contribution in [0.25, 0.3) is 11.1 Å². The molecule has 1 fully saturated rings. The minimum Gasteiger partial charge on any atom is -0.220 e. The predicted octanol–water partition coefficient (Wildman–Crippen LogP) is 5.76. The van der Waals surface area contributed by atoms with E-state index >= 15 is 0 Å². The van der Waals surface area contributed by atoms with Crippen LogP contribution in [0.3, 0.4) is 0 Å². The molecule has 0 amide bonds. The van der Waals surface area contributed by atoms with Crippen LogP contribution in [0.4, 0.5) is 0 Å². The van der Waals surface area contributed by atoms with Crippen molar-refractivity contribution in [1.29, 1.82) is 0 Å². The van der Waals surface area contributed by atoms with Crippen molar-refractivity contribution in [2.45, 2.75) is 31.6 Å². The molecule has 0 saturated heterocycles. The molecule has 0 atom stereocenters. The summed E-state index contributed by atoms with van der Waals surface area (Å²) in [7, 11) is 0. The van der Waals surface area contributed by atoms with Gasteiger partial charge in [-0.25, -0.2) is 9.97 Å². The predicted molar refractivity (Wildman–Crippen MR) is 83.7 cm³/mol. The Morgan fingerprint density at radius 3 is 2.20 bits per heavy atom. The summed E-state index contributed by atoms with van der Waals surface area (Å²) in [5.74, 6) is 1.15. The van der Waals surface area contributed by atoms with Crippen molar-refractivity contribution in [3.05, 3.63) is 45.4 Å². The van der Waals surface area contributed by atoms with Gasteiger partial charge in [0.2, 0.25) is 0 Å². The Labute approximate surface area is 133 Å². The lowest BCUT2D eigenvalue weighted by Gasteiger charge is -2.12. The second kappa shape index (κ2) is 5.88. The van der Waals surface area contributed by atoms with Gasteiger partial charge in [0, 0.05) is 10.9 Å². The Morgan fingerprint density at radius 2 is 1.60 bits per heavy atom. The molecule has 1 aromatic carbocycles. The van der Waals surface area contributed by atoms with Gasteiger partial charge in [-0.3, -0.25) is 0 Å². The zero-order chi connectivity index (χ0) is 14.1. The minimum atomic E-state index is 0.387. The molecule has 104 valence electrons. The van der Waals surface area contributed by atoms with Crippen molar-refractivity contribution >= 4 is 34.8 Å². The van der Waals surface area contributed by atoms with Crippen molar-refractivity contribution in [1.82, 2.24) is 9.97 Å². The zero-order valence-electron chi connectivity index (χ0n) is 10.7. The van der Waals surface area contributed by atoms with Crippen molar-refractivity contribution in [3.8, 4) is 11.1 Å². The van der Waals surface area contributed by atoms with E-state index in [1.54, 1.807) is 6.07 Å². The zero-order valence-corrected chi connectivity index (χ0v) is 13.0. The van der Waals surface area contributed by atoms with Crippen molar-refractivity contribution in [2.24, 2.45) is 0 Å². The van der Waals surface area contributed by atoms with Gasteiger partial charge in [-0.05, 0) is 30.5 Å². The number of halogens is 3. The topological polar surface area (TPSA) is 25.8 Å². The highest BCUT2D eigenvalue weighted by atomic mass is 35.5. The highest BCUT2D eigenvalue weighted by Gasteiger charge is 2.22. The monoisotopic (exact) mass is 326 g/mol. The Balaban J connectivity index is 2.04. The average Bonchev–Trinajstić information content (AvgIpc) is 2.91. The van der Waals surface area contributed by atoms with Crippen molar-refractivity contribution < 1.29 is 0 Å². The fraction of sp³-hybridized carbons (Fsp3) is 0.333. The molecule has 20 heavy (non-hydrogen) atoms. The molecule has 0 bridgehead atoms. The normalized spacial score (nSPS) is 15.8. The summed E-state index contributed by atoms with van der Waals surface area (Å²) in [6, 6.07) is 7.38. The molecule has 0 unspecified atom stereocenters. The van der Waals surface area contributed by atoms with Crippen molar-refractivity contribution in [2.75, 3.05) is 0 Å². The first kappa shape index (κ1) is 14.1. The SMILES string of the molecule is Clc1cccc(-c2c(Cl)nc(C3CCCC3)nc2Cl)c1. The second-order valence-corrected chi connectivity index (χ2v) is 6.18. The lowest BCUT2D eigenvalue weighted by Crippen LogP contribution is -2.02. The highest BCUT2D eigenvalue weighted by molar-refractivity contribution is 6.38. The first-order valence-corrected chi connectivity index (χ1v) is 7.77. The molecule has 1 aromatic heterocycles. The summed E-state index contributed by atoms with van der Waals surface area (Å²) in [6.45, 7) is 0. The van der Waals surface area contributed by atoms with Gasteiger partial charge in [-0.2, -0.15) is 0 Å². The second-order valence-electron chi connectivity index (χ2n) is 5.03. The molecule has 5 heteroatoms. The third-order valence-electron chi connectivity index (χ3n) is 3.67. The largest absolute Gasteiger partial charge is 0.220 e. The van der Waals surface area contributed by atoms with Gasteiger partial charge < -0.3 is 0 Å². The highest BCUT2D eigenvalue weighted by Crippen LogP contribution is 2.38. The molecular weight excluding hydrogens is 315 g/mol. The molecule has 1 heterocycles. The van der Waals surface area contributed by atoms with Gasteiger partial charge in [0.25, 0.3) is 0 Å². The maximum Gasteiger partial charge on any atom is 0.142 e. The van der Waals surface area contributed by atoms with E-state index in [1.807, 2.05) is 18.2 Å². The molecule has 0 radical (unpaired) electrons. The smallest absolute Gasteiger partial charge is 0.142 e. The molecule has 1 saturated carbocycles. The molecule has 2 nitrogen and oxygen atoms in total. The van der Waals surface area contributed by atoms with Gasteiger partial charge >= 0.3 is 0 Å². The van der Waals surface area contributed by atoms with Gasteiger partial charge in [0.05, 0.1) is 5.56 Å². The Morgan fingerprint density at radius 1 is 0.950 bits per heavy atom. The van der Waals surface area contributed by atoms with Crippen LogP contribution in [0, 0.1) is 0 Å². The van der Waals surface area contributed by atoms with Crippen LogP contribution in [0.5, 0.6) is 0 Å². The molecular formula is C15H13Cl3N2. The number of benzene rings is 1. The van der Waals surface area contributed by atoms with E-state index in [0.717, 1.165) is 24.2 Å². The number of hydrogen-bond acceptors (Lipinski definition) is 2. The Kier molecular flexibility index (Phi) is 4.16. The minimum absolute atomic E-state index is 0.387. The first-order valence-electron chi connectivity index (χ1n) is 6.64. The summed E-state index contributed by atoms with van der Waals surface area (Å²) in [5, 5.41) is 1.43. The summed E-state index contributed by atoms with van der Waals surface area (Å²) in [4.78, 5) is 8.90. The first-order chi connectivity index (χ1) is 9.65. The van der Waals surface area contributed by atoms with Gasteiger partial charge in [-0.1, -0.05) is 59.8 Å². The molecule has 2 aromatic rings. The van der Waals surface area contributed by atoms with Crippen LogP contribution >= 0.6 is 34.8 Å². The van der Waals surface area contributed by atoms with E-state index in [1.165, 1.54) is 12.8 Å². The fourth-order valence-electron chi connectivity index (χ4n) is 2.67. The Bertz CT molecular complexity index is 614. The third kappa shape index (κ3) is 2.78. The van der Waals surface area contributed by atoms with Crippen LogP contribution in [0.2, 0.25) is 15.3 Å². The number of aromatic nitrogens is 2. The number of hydrogen-bond donors (Lipinski definition) is 0. The maximum atomic E-state index is 6.32. The van der Waals surface area contributed by atoms with E-state index in [9.17, 15) is 0 Å². The fourth-order valence-corrected chi connectivity index (χ4v) is 3.48. The summed E-state index contributed by atoms with van der Waals surface area (Å²) in [6.07, 6.45) is 4.67. The van der Waals surface area contributed by atoms with Gasteiger partial charge in [0.15, 0.2) is 0 Å². The van der Waals surface area contributed by atoms with Crippen LogP contribution in [-0.2, 0) is 0 Å². The van der Waals surface area contributed by atoms with Crippen LogP contribution in [-0.4, -0.2) is 9.97 Å². The summed E-state index contributed by atoms with van der Waals surface area (Å²) < 4.78 is 0. The van der Waals surface area contributed by atoms with E-state index in [2.05, 4.69) is 9.97 Å². The average molecular weight is 328 g/mol. The number of rotatable bonds is 2. The van der Waals surface area contributed by atoms with Crippen LogP contribution in [0.1, 0.15) is 37.4 Å². The molecule has 3 rings (SSSR count). The molecule has 1 aliphatic carbocycles.